The second-order valence-electron chi connectivity index (χ2n) is 2.41. The summed E-state index contributed by atoms with van der Waals surface area (Å²) < 4.78 is 5.28. The summed E-state index contributed by atoms with van der Waals surface area (Å²) in [4.78, 5) is 10.4. The van der Waals surface area contributed by atoms with E-state index in [1.165, 1.54) is 0 Å². The Labute approximate surface area is 76.9 Å². The van der Waals surface area contributed by atoms with Gasteiger partial charge in [-0.2, -0.15) is 0 Å². The molecule has 0 aliphatic rings. The first-order chi connectivity index (χ1) is 6.29. The zero-order chi connectivity index (χ0) is 9.68. The molecule has 2 N–H and O–H groups in total. The zero-order valence-corrected chi connectivity index (χ0v) is 7.43. The highest BCUT2D eigenvalue weighted by Gasteiger charge is 2.06. The predicted octanol–water partition coefficient (Wildman–Crippen LogP) is 0.922. The Hall–Kier alpha value is -1.55. The fraction of sp³-hybridized carbons (Fsp3) is 0.222. The lowest BCUT2D eigenvalue weighted by Crippen LogP contribution is -2.29. The molecule has 0 atom stereocenters. The van der Waals surface area contributed by atoms with Crippen LogP contribution >= 0.6 is 0 Å². The molecule has 0 radical (unpaired) electrons. The van der Waals surface area contributed by atoms with Crippen molar-refractivity contribution >= 4 is 12.1 Å². The molecule has 0 saturated heterocycles. The third kappa shape index (κ3) is 2.19. The molecule has 0 spiro atoms. The van der Waals surface area contributed by atoms with E-state index in [4.69, 9.17) is 10.6 Å². The van der Waals surface area contributed by atoms with E-state index >= 15 is 0 Å². The van der Waals surface area contributed by atoms with E-state index in [0.29, 0.717) is 24.5 Å². The third-order valence-corrected chi connectivity index (χ3v) is 1.56. The number of rotatable bonds is 4. The van der Waals surface area contributed by atoms with Crippen molar-refractivity contribution in [3.63, 3.8) is 0 Å². The molecule has 4 heteroatoms. The van der Waals surface area contributed by atoms with Crippen LogP contribution in [-0.2, 0) is 4.79 Å². The zero-order valence-electron chi connectivity index (χ0n) is 7.43. The maximum absolute atomic E-state index is 10.4. The Morgan fingerprint density at radius 2 is 2.23 bits per heavy atom. The van der Waals surface area contributed by atoms with E-state index in [-0.39, 0.29) is 0 Å². The Kier molecular flexibility index (Phi) is 3.28. The molecule has 0 heterocycles. The number of hydrazine groups is 1. The van der Waals surface area contributed by atoms with Crippen LogP contribution in [0.15, 0.2) is 24.3 Å². The van der Waals surface area contributed by atoms with Crippen LogP contribution in [0.1, 0.15) is 6.92 Å². The monoisotopic (exact) mass is 180 g/mol. The average Bonchev–Trinajstić information content (AvgIpc) is 2.18. The highest BCUT2D eigenvalue weighted by molar-refractivity contribution is 5.77. The van der Waals surface area contributed by atoms with Crippen molar-refractivity contribution in [3.05, 3.63) is 24.3 Å². The molecular weight excluding hydrogens is 168 g/mol. The molecule has 0 aliphatic carbocycles. The van der Waals surface area contributed by atoms with Gasteiger partial charge in [-0.25, -0.2) is 10.9 Å². The lowest BCUT2D eigenvalue weighted by atomic mass is 10.3. The van der Waals surface area contributed by atoms with Crippen LogP contribution in [0.5, 0.6) is 5.75 Å². The summed E-state index contributed by atoms with van der Waals surface area (Å²) in [5.74, 6) is 6.02. The third-order valence-electron chi connectivity index (χ3n) is 1.56. The number of hydrogen-bond donors (Lipinski definition) is 1. The molecule has 1 rings (SSSR count). The molecule has 0 unspecified atom stereocenters. The largest absolute Gasteiger partial charge is 0.492 e. The number of carbonyl (C=O) groups excluding carboxylic acids is 1. The predicted molar refractivity (Wildman–Crippen MR) is 50.3 cm³/mol. The van der Waals surface area contributed by atoms with Gasteiger partial charge in [-0.15, -0.1) is 0 Å². The number of amides is 1. The van der Waals surface area contributed by atoms with Gasteiger partial charge in [-0.1, -0.05) is 12.1 Å². The van der Waals surface area contributed by atoms with Gasteiger partial charge in [0.1, 0.15) is 11.4 Å². The first kappa shape index (κ1) is 9.54. The van der Waals surface area contributed by atoms with Gasteiger partial charge in [0.15, 0.2) is 0 Å². The van der Waals surface area contributed by atoms with Crippen LogP contribution in [0.3, 0.4) is 0 Å². The van der Waals surface area contributed by atoms with E-state index in [1.807, 2.05) is 13.0 Å². The molecule has 0 bridgehead atoms. The van der Waals surface area contributed by atoms with Crippen LogP contribution in [0.4, 0.5) is 5.69 Å². The fourth-order valence-corrected chi connectivity index (χ4v) is 1.00. The SMILES string of the molecule is CCOc1ccccc1N(N)C=O. The lowest BCUT2D eigenvalue weighted by molar-refractivity contribution is -0.107. The van der Waals surface area contributed by atoms with Crippen LogP contribution in [0, 0.1) is 0 Å². The van der Waals surface area contributed by atoms with E-state index in [1.54, 1.807) is 18.2 Å². The van der Waals surface area contributed by atoms with Crippen LogP contribution in [-0.4, -0.2) is 13.0 Å². The van der Waals surface area contributed by atoms with Crippen molar-refractivity contribution in [3.8, 4) is 5.75 Å². The van der Waals surface area contributed by atoms with Crippen LogP contribution < -0.4 is 15.6 Å². The van der Waals surface area contributed by atoms with Crippen molar-refractivity contribution in [1.82, 2.24) is 0 Å². The van der Waals surface area contributed by atoms with Gasteiger partial charge >= 0.3 is 0 Å². The van der Waals surface area contributed by atoms with Crippen molar-refractivity contribution < 1.29 is 9.53 Å². The second-order valence-corrected chi connectivity index (χ2v) is 2.41. The van der Waals surface area contributed by atoms with E-state index < -0.39 is 0 Å². The van der Waals surface area contributed by atoms with Gasteiger partial charge in [0, 0.05) is 0 Å². The lowest BCUT2D eigenvalue weighted by Gasteiger charge is -2.14. The van der Waals surface area contributed by atoms with E-state index in [0.717, 1.165) is 5.01 Å². The summed E-state index contributed by atoms with van der Waals surface area (Å²) in [7, 11) is 0. The van der Waals surface area contributed by atoms with E-state index in [2.05, 4.69) is 0 Å². The maximum Gasteiger partial charge on any atom is 0.228 e. The number of para-hydroxylation sites is 2. The smallest absolute Gasteiger partial charge is 0.228 e. The molecule has 1 aromatic carbocycles. The molecule has 4 nitrogen and oxygen atoms in total. The minimum atomic E-state index is 0.540. The van der Waals surface area contributed by atoms with Gasteiger partial charge in [-0.3, -0.25) is 4.79 Å². The topological polar surface area (TPSA) is 55.6 Å². The van der Waals surface area contributed by atoms with Crippen LogP contribution in [0.25, 0.3) is 0 Å². The first-order valence-corrected chi connectivity index (χ1v) is 4.00. The quantitative estimate of drug-likeness (QED) is 0.324. The van der Waals surface area contributed by atoms with Crippen molar-refractivity contribution in [2.75, 3.05) is 11.6 Å². The summed E-state index contributed by atoms with van der Waals surface area (Å²) in [6.45, 7) is 2.42. The van der Waals surface area contributed by atoms with Crippen molar-refractivity contribution in [2.45, 2.75) is 6.92 Å². The molecule has 1 amide bonds. The van der Waals surface area contributed by atoms with Crippen molar-refractivity contribution in [1.29, 1.82) is 0 Å². The van der Waals surface area contributed by atoms with Crippen molar-refractivity contribution in [2.24, 2.45) is 5.84 Å². The van der Waals surface area contributed by atoms with Gasteiger partial charge in [0.05, 0.1) is 6.61 Å². The Bertz CT molecular complexity index is 289. The standard InChI is InChI=1S/C9H12N2O2/c1-2-13-9-6-4-3-5-8(9)11(10)7-12/h3-7H,2,10H2,1H3. The fourth-order valence-electron chi connectivity index (χ4n) is 1.00. The second kappa shape index (κ2) is 4.47. The number of ether oxygens (including phenoxy) is 1. The first-order valence-electron chi connectivity index (χ1n) is 4.00. The number of anilines is 1. The number of nitrogens with two attached hydrogens (primary N) is 1. The molecule has 0 aromatic heterocycles. The number of benzene rings is 1. The molecule has 1 aromatic rings. The summed E-state index contributed by atoms with van der Waals surface area (Å²) in [6.07, 6.45) is 0.540. The van der Waals surface area contributed by atoms with Gasteiger partial charge in [0.25, 0.3) is 0 Å². The highest BCUT2D eigenvalue weighted by Crippen LogP contribution is 2.24. The van der Waals surface area contributed by atoms with Gasteiger partial charge in [0.2, 0.25) is 6.41 Å². The summed E-state index contributed by atoms with van der Waals surface area (Å²) in [5.41, 5.74) is 0.569. The average molecular weight is 180 g/mol. The number of hydrogen-bond acceptors (Lipinski definition) is 3. The molecule has 0 saturated carbocycles. The molecule has 0 aliphatic heterocycles. The van der Waals surface area contributed by atoms with Gasteiger partial charge in [-0.05, 0) is 19.1 Å². The summed E-state index contributed by atoms with van der Waals surface area (Å²) in [5, 5.41) is 0.991. The minimum Gasteiger partial charge on any atom is -0.492 e. The summed E-state index contributed by atoms with van der Waals surface area (Å²) in [6, 6.07) is 7.11. The molecule has 13 heavy (non-hydrogen) atoms. The minimum absolute atomic E-state index is 0.540. The highest BCUT2D eigenvalue weighted by atomic mass is 16.5. The van der Waals surface area contributed by atoms with Crippen LogP contribution in [0.2, 0.25) is 0 Å². The molecule has 70 valence electrons. The van der Waals surface area contributed by atoms with Gasteiger partial charge < -0.3 is 4.74 Å². The molecule has 0 fully saturated rings. The van der Waals surface area contributed by atoms with E-state index in [9.17, 15) is 4.79 Å². The maximum atomic E-state index is 10.4. The normalized spacial score (nSPS) is 9.38. The Morgan fingerprint density at radius 3 is 2.85 bits per heavy atom. The number of carbonyl (C=O) groups is 1. The Morgan fingerprint density at radius 1 is 1.54 bits per heavy atom. The molecular formula is C9H12N2O2. The summed E-state index contributed by atoms with van der Waals surface area (Å²) >= 11 is 0. The number of nitrogens with zero attached hydrogens (tertiary/aromatic N) is 1. The Balaban J connectivity index is 2.96.